The second-order valence-corrected chi connectivity index (χ2v) is 8.96. The van der Waals surface area contributed by atoms with E-state index in [4.69, 9.17) is 20.2 Å². The minimum atomic E-state index is -3.54. The van der Waals surface area contributed by atoms with E-state index in [0.29, 0.717) is 13.2 Å². The molecule has 0 saturated carbocycles. The molecule has 0 amide bonds. The van der Waals surface area contributed by atoms with E-state index in [0.717, 1.165) is 11.3 Å². The fourth-order valence-electron chi connectivity index (χ4n) is 1.87. The Hall–Kier alpha value is -0.780. The van der Waals surface area contributed by atoms with E-state index in [2.05, 4.69) is 0 Å². The average Bonchev–Trinajstić information content (AvgIpc) is 2.35. The van der Waals surface area contributed by atoms with Crippen LogP contribution in [-0.4, -0.2) is 27.9 Å². The smallest absolute Gasteiger partial charge is 0.232 e. The molecule has 0 N–H and O–H groups in total. The minimum absolute atomic E-state index is 0.0871. The standard InChI is InChI=1S/C15H23ClO4S/c1-15(2,3)13(11-21(16,17)18)10-20-9-12-6-5-7-14(8-12)19-4/h5-8,13H,9-11H2,1-4H3. The second-order valence-electron chi connectivity index (χ2n) is 6.14. The fourth-order valence-corrected chi connectivity index (χ4v) is 3.40. The first-order valence-electron chi connectivity index (χ1n) is 6.75. The van der Waals surface area contributed by atoms with Crippen molar-refractivity contribution in [1.82, 2.24) is 0 Å². The molecule has 1 unspecified atom stereocenters. The second kappa shape index (κ2) is 7.47. The van der Waals surface area contributed by atoms with Crippen LogP contribution in [0.25, 0.3) is 0 Å². The monoisotopic (exact) mass is 334 g/mol. The largest absolute Gasteiger partial charge is 0.497 e. The summed E-state index contributed by atoms with van der Waals surface area (Å²) in [5.74, 6) is 0.522. The van der Waals surface area contributed by atoms with Crippen LogP contribution in [0.5, 0.6) is 5.75 Å². The quantitative estimate of drug-likeness (QED) is 0.717. The zero-order valence-corrected chi connectivity index (χ0v) is 14.5. The van der Waals surface area contributed by atoms with Crippen molar-refractivity contribution in [3.05, 3.63) is 29.8 Å². The SMILES string of the molecule is COc1cccc(COCC(CS(=O)(=O)Cl)C(C)(C)C)c1. The first-order valence-corrected chi connectivity index (χ1v) is 9.22. The van der Waals surface area contributed by atoms with E-state index in [1.165, 1.54) is 0 Å². The Kier molecular flexibility index (Phi) is 6.50. The molecule has 0 aliphatic rings. The van der Waals surface area contributed by atoms with Crippen molar-refractivity contribution < 1.29 is 17.9 Å². The minimum Gasteiger partial charge on any atom is -0.497 e. The van der Waals surface area contributed by atoms with Crippen LogP contribution in [0.3, 0.4) is 0 Å². The average molecular weight is 335 g/mol. The molecule has 0 aliphatic heterocycles. The maximum absolute atomic E-state index is 11.3. The normalized spacial score (nSPS) is 14.0. The molecule has 1 aromatic carbocycles. The van der Waals surface area contributed by atoms with E-state index in [1.54, 1.807) is 7.11 Å². The molecule has 0 aromatic heterocycles. The van der Waals surface area contributed by atoms with Crippen LogP contribution < -0.4 is 4.74 Å². The van der Waals surface area contributed by atoms with E-state index in [1.807, 2.05) is 45.0 Å². The maximum atomic E-state index is 11.3. The van der Waals surface area contributed by atoms with Crippen molar-refractivity contribution in [2.45, 2.75) is 27.4 Å². The van der Waals surface area contributed by atoms with Gasteiger partial charge in [0.25, 0.3) is 0 Å². The third kappa shape index (κ3) is 7.16. The summed E-state index contributed by atoms with van der Waals surface area (Å²) in [6.07, 6.45) is 0. The van der Waals surface area contributed by atoms with E-state index < -0.39 is 9.05 Å². The van der Waals surface area contributed by atoms with E-state index in [-0.39, 0.29) is 17.1 Å². The van der Waals surface area contributed by atoms with Crippen molar-refractivity contribution in [1.29, 1.82) is 0 Å². The van der Waals surface area contributed by atoms with Gasteiger partial charge in [-0.25, -0.2) is 8.42 Å². The van der Waals surface area contributed by atoms with Gasteiger partial charge >= 0.3 is 0 Å². The molecule has 0 spiro atoms. The number of ether oxygens (including phenoxy) is 2. The molecule has 0 heterocycles. The summed E-state index contributed by atoms with van der Waals surface area (Å²) >= 11 is 0. The third-order valence-electron chi connectivity index (χ3n) is 3.35. The van der Waals surface area contributed by atoms with Crippen LogP contribution in [-0.2, 0) is 20.4 Å². The van der Waals surface area contributed by atoms with Crippen molar-refractivity contribution >= 4 is 19.7 Å². The first-order chi connectivity index (χ1) is 9.62. The van der Waals surface area contributed by atoms with Gasteiger partial charge in [0, 0.05) is 16.6 Å². The lowest BCUT2D eigenvalue weighted by Crippen LogP contribution is -2.30. The van der Waals surface area contributed by atoms with Gasteiger partial charge in [-0.3, -0.25) is 0 Å². The van der Waals surface area contributed by atoms with Crippen LogP contribution in [0.4, 0.5) is 0 Å². The molecule has 1 rings (SSSR count). The molecule has 4 nitrogen and oxygen atoms in total. The Balaban J connectivity index is 2.61. The zero-order chi connectivity index (χ0) is 16.1. The van der Waals surface area contributed by atoms with Crippen LogP contribution in [0.15, 0.2) is 24.3 Å². The molecule has 1 atom stereocenters. The molecule has 21 heavy (non-hydrogen) atoms. The van der Waals surface area contributed by atoms with Crippen molar-refractivity contribution in [3.8, 4) is 5.75 Å². The Bertz CT molecular complexity index is 549. The number of hydrogen-bond donors (Lipinski definition) is 0. The van der Waals surface area contributed by atoms with Gasteiger partial charge in [-0.05, 0) is 23.1 Å². The molecule has 0 saturated heterocycles. The molecule has 1 aromatic rings. The van der Waals surface area contributed by atoms with Gasteiger partial charge in [0.1, 0.15) is 5.75 Å². The molecule has 0 aliphatic carbocycles. The first kappa shape index (κ1) is 18.3. The summed E-state index contributed by atoms with van der Waals surface area (Å²) in [6, 6.07) is 7.58. The number of halogens is 1. The van der Waals surface area contributed by atoms with Crippen LogP contribution >= 0.6 is 10.7 Å². The summed E-state index contributed by atoms with van der Waals surface area (Å²) in [6.45, 7) is 6.69. The van der Waals surface area contributed by atoms with Crippen LogP contribution in [0.2, 0.25) is 0 Å². The highest BCUT2D eigenvalue weighted by Crippen LogP contribution is 2.28. The van der Waals surface area contributed by atoms with E-state index in [9.17, 15) is 8.42 Å². The topological polar surface area (TPSA) is 52.6 Å². The molecule has 6 heteroatoms. The lowest BCUT2D eigenvalue weighted by Gasteiger charge is -2.29. The Labute approximate surface area is 131 Å². The summed E-state index contributed by atoms with van der Waals surface area (Å²) in [7, 11) is 3.44. The van der Waals surface area contributed by atoms with Crippen LogP contribution in [0, 0.1) is 11.3 Å². The highest BCUT2D eigenvalue weighted by atomic mass is 35.7. The Morgan fingerprint density at radius 1 is 1.29 bits per heavy atom. The molecular weight excluding hydrogens is 312 g/mol. The lowest BCUT2D eigenvalue weighted by atomic mass is 9.82. The van der Waals surface area contributed by atoms with Gasteiger partial charge in [-0.1, -0.05) is 32.9 Å². The Morgan fingerprint density at radius 3 is 2.48 bits per heavy atom. The number of methoxy groups -OCH3 is 1. The third-order valence-corrected chi connectivity index (χ3v) is 4.53. The van der Waals surface area contributed by atoms with E-state index >= 15 is 0 Å². The van der Waals surface area contributed by atoms with Gasteiger partial charge in [-0.15, -0.1) is 0 Å². The molecule has 120 valence electrons. The van der Waals surface area contributed by atoms with Crippen LogP contribution in [0.1, 0.15) is 26.3 Å². The molecular formula is C15H23ClO4S. The Morgan fingerprint density at radius 2 is 1.95 bits per heavy atom. The molecule has 0 fully saturated rings. The highest BCUT2D eigenvalue weighted by Gasteiger charge is 2.29. The van der Waals surface area contributed by atoms with Gasteiger partial charge in [-0.2, -0.15) is 0 Å². The predicted octanol–water partition coefficient (Wildman–Crippen LogP) is 3.44. The maximum Gasteiger partial charge on any atom is 0.232 e. The summed E-state index contributed by atoms with van der Waals surface area (Å²) in [4.78, 5) is 0. The summed E-state index contributed by atoms with van der Waals surface area (Å²) in [5.41, 5.74) is 0.784. The summed E-state index contributed by atoms with van der Waals surface area (Å²) in [5, 5.41) is 0. The molecule has 0 bridgehead atoms. The highest BCUT2D eigenvalue weighted by molar-refractivity contribution is 8.13. The van der Waals surface area contributed by atoms with Gasteiger partial charge < -0.3 is 9.47 Å². The van der Waals surface area contributed by atoms with Crippen molar-refractivity contribution in [2.75, 3.05) is 19.5 Å². The van der Waals surface area contributed by atoms with Gasteiger partial charge in [0.15, 0.2) is 0 Å². The fraction of sp³-hybridized carbons (Fsp3) is 0.600. The van der Waals surface area contributed by atoms with Gasteiger partial charge in [0.05, 0.1) is 26.1 Å². The summed E-state index contributed by atoms with van der Waals surface area (Å²) < 4.78 is 33.4. The lowest BCUT2D eigenvalue weighted by molar-refractivity contribution is 0.0553. The zero-order valence-electron chi connectivity index (χ0n) is 12.9. The predicted molar refractivity (Wildman–Crippen MR) is 85.2 cm³/mol. The number of benzene rings is 1. The number of hydrogen-bond acceptors (Lipinski definition) is 4. The number of rotatable bonds is 7. The van der Waals surface area contributed by atoms with Crippen molar-refractivity contribution in [2.24, 2.45) is 11.3 Å². The molecule has 0 radical (unpaired) electrons. The van der Waals surface area contributed by atoms with Crippen molar-refractivity contribution in [3.63, 3.8) is 0 Å². The van der Waals surface area contributed by atoms with Gasteiger partial charge in [0.2, 0.25) is 9.05 Å².